The highest BCUT2D eigenvalue weighted by Gasteiger charge is 2.17. The lowest BCUT2D eigenvalue weighted by Gasteiger charge is -2.22. The number of aryl methyl sites for hydroxylation is 1. The SMILES string of the molecule is C=C/C=C(/c1ccc(F)cc1)c1cc(-c2n[nH]c(=C/C)/c2=C\C(=C)C2CCNCC2)[nH]c1C. The molecule has 0 unspecified atom stereocenters. The van der Waals surface area contributed by atoms with Crippen LogP contribution in [0.1, 0.15) is 36.6 Å². The van der Waals surface area contributed by atoms with Crippen LogP contribution in [0.4, 0.5) is 4.39 Å². The number of hydrogen-bond donors (Lipinski definition) is 3. The topological polar surface area (TPSA) is 56.5 Å². The van der Waals surface area contributed by atoms with Crippen molar-refractivity contribution in [2.24, 2.45) is 5.92 Å². The molecule has 2 aromatic heterocycles. The van der Waals surface area contributed by atoms with E-state index >= 15 is 0 Å². The molecule has 0 amide bonds. The summed E-state index contributed by atoms with van der Waals surface area (Å²) in [6, 6.07) is 8.64. The van der Waals surface area contributed by atoms with Gasteiger partial charge in [-0.2, -0.15) is 5.10 Å². The predicted molar refractivity (Wildman–Crippen MR) is 135 cm³/mol. The van der Waals surface area contributed by atoms with Crippen LogP contribution in [0, 0.1) is 18.7 Å². The number of nitrogens with zero attached hydrogens (tertiary/aromatic N) is 1. The molecule has 1 fully saturated rings. The third-order valence-corrected chi connectivity index (χ3v) is 6.32. The number of piperidine rings is 1. The molecular formula is C28H31FN4. The van der Waals surface area contributed by atoms with E-state index in [1.54, 1.807) is 18.2 Å². The second-order valence-corrected chi connectivity index (χ2v) is 8.48. The summed E-state index contributed by atoms with van der Waals surface area (Å²) < 4.78 is 13.5. The van der Waals surface area contributed by atoms with Crippen molar-refractivity contribution in [3.63, 3.8) is 0 Å². The second kappa shape index (κ2) is 10.0. The number of rotatable bonds is 6. The molecule has 3 heterocycles. The smallest absolute Gasteiger partial charge is 0.123 e. The van der Waals surface area contributed by atoms with Crippen molar-refractivity contribution in [3.05, 3.63) is 94.4 Å². The Hall–Kier alpha value is -3.44. The third-order valence-electron chi connectivity index (χ3n) is 6.32. The first-order valence-electron chi connectivity index (χ1n) is 11.4. The first kappa shape index (κ1) is 22.7. The molecule has 5 heteroatoms. The van der Waals surface area contributed by atoms with Gasteiger partial charge >= 0.3 is 0 Å². The first-order chi connectivity index (χ1) is 16.0. The fourth-order valence-corrected chi connectivity index (χ4v) is 4.49. The Morgan fingerprint density at radius 3 is 2.58 bits per heavy atom. The van der Waals surface area contributed by atoms with Gasteiger partial charge < -0.3 is 10.3 Å². The van der Waals surface area contributed by atoms with E-state index in [0.29, 0.717) is 5.92 Å². The average molecular weight is 443 g/mol. The molecule has 0 atom stereocenters. The molecule has 170 valence electrons. The Morgan fingerprint density at radius 1 is 1.18 bits per heavy atom. The molecule has 3 N–H and O–H groups in total. The van der Waals surface area contributed by atoms with E-state index < -0.39 is 0 Å². The Balaban J connectivity index is 1.78. The summed E-state index contributed by atoms with van der Waals surface area (Å²) in [5.74, 6) is 0.234. The van der Waals surface area contributed by atoms with E-state index in [1.165, 1.54) is 12.1 Å². The van der Waals surface area contributed by atoms with Crippen LogP contribution in [0.2, 0.25) is 0 Å². The third kappa shape index (κ3) is 4.83. The van der Waals surface area contributed by atoms with Gasteiger partial charge in [0.05, 0.1) is 11.0 Å². The van der Waals surface area contributed by atoms with E-state index in [9.17, 15) is 4.39 Å². The fourth-order valence-electron chi connectivity index (χ4n) is 4.49. The molecule has 3 aromatic rings. The Bertz CT molecular complexity index is 1300. The highest BCUT2D eigenvalue weighted by Crippen LogP contribution is 2.30. The number of nitrogens with one attached hydrogen (secondary N) is 3. The second-order valence-electron chi connectivity index (χ2n) is 8.48. The molecular weight excluding hydrogens is 411 g/mol. The van der Waals surface area contributed by atoms with Crippen molar-refractivity contribution >= 4 is 17.7 Å². The van der Waals surface area contributed by atoms with Crippen LogP contribution in [-0.2, 0) is 0 Å². The van der Waals surface area contributed by atoms with Gasteiger partial charge in [0.2, 0.25) is 0 Å². The van der Waals surface area contributed by atoms with E-state index in [-0.39, 0.29) is 5.82 Å². The predicted octanol–water partition coefficient (Wildman–Crippen LogP) is 4.61. The lowest BCUT2D eigenvalue weighted by atomic mass is 9.90. The minimum atomic E-state index is -0.253. The summed E-state index contributed by atoms with van der Waals surface area (Å²) in [5.41, 5.74) is 6.88. The average Bonchev–Trinajstić information content (AvgIpc) is 3.41. The summed E-state index contributed by atoms with van der Waals surface area (Å²) in [5, 5.41) is 13.3. The molecule has 0 bridgehead atoms. The van der Waals surface area contributed by atoms with Crippen LogP contribution >= 0.6 is 0 Å². The molecule has 1 aromatic carbocycles. The number of aromatic amines is 2. The minimum absolute atomic E-state index is 0.253. The van der Waals surface area contributed by atoms with Crippen molar-refractivity contribution in [3.8, 4) is 11.4 Å². The quantitative estimate of drug-likeness (QED) is 0.489. The summed E-state index contributed by atoms with van der Waals surface area (Å²) in [6.07, 6.45) is 10.1. The number of halogens is 1. The molecule has 1 saturated heterocycles. The van der Waals surface area contributed by atoms with Crippen molar-refractivity contribution in [2.75, 3.05) is 13.1 Å². The van der Waals surface area contributed by atoms with Crippen LogP contribution < -0.4 is 15.9 Å². The van der Waals surface area contributed by atoms with Gasteiger partial charge in [-0.1, -0.05) is 49.1 Å². The molecule has 1 aliphatic rings. The molecule has 0 aliphatic carbocycles. The zero-order chi connectivity index (χ0) is 23.4. The Morgan fingerprint density at radius 2 is 1.91 bits per heavy atom. The van der Waals surface area contributed by atoms with Crippen molar-refractivity contribution in [2.45, 2.75) is 26.7 Å². The number of benzene rings is 1. The van der Waals surface area contributed by atoms with E-state index in [4.69, 9.17) is 0 Å². The molecule has 1 aliphatic heterocycles. The van der Waals surface area contributed by atoms with Gasteiger partial charge in [0.25, 0.3) is 0 Å². The van der Waals surface area contributed by atoms with Gasteiger partial charge in [-0.25, -0.2) is 4.39 Å². The zero-order valence-electron chi connectivity index (χ0n) is 19.3. The number of aromatic nitrogens is 3. The van der Waals surface area contributed by atoms with Gasteiger partial charge in [-0.15, -0.1) is 0 Å². The summed E-state index contributed by atoms with van der Waals surface area (Å²) in [7, 11) is 0. The maximum Gasteiger partial charge on any atom is 0.123 e. The van der Waals surface area contributed by atoms with Gasteiger partial charge in [-0.05, 0) is 81.1 Å². The molecule has 0 saturated carbocycles. The Labute approximate surface area is 194 Å². The van der Waals surface area contributed by atoms with Gasteiger partial charge in [-0.3, -0.25) is 5.10 Å². The van der Waals surface area contributed by atoms with Crippen molar-refractivity contribution in [1.82, 2.24) is 20.5 Å². The molecule has 0 radical (unpaired) electrons. The van der Waals surface area contributed by atoms with Gasteiger partial charge in [0, 0.05) is 16.5 Å². The van der Waals surface area contributed by atoms with Gasteiger partial charge in [0.1, 0.15) is 11.5 Å². The fraction of sp³-hybridized carbons (Fsp3) is 0.250. The van der Waals surface area contributed by atoms with Crippen LogP contribution in [0.3, 0.4) is 0 Å². The maximum absolute atomic E-state index is 13.5. The monoisotopic (exact) mass is 442 g/mol. The summed E-state index contributed by atoms with van der Waals surface area (Å²) >= 11 is 0. The lowest BCUT2D eigenvalue weighted by Crippen LogP contribution is -2.29. The zero-order valence-corrected chi connectivity index (χ0v) is 19.3. The molecule has 0 spiro atoms. The maximum atomic E-state index is 13.5. The van der Waals surface area contributed by atoms with Gasteiger partial charge in [0.15, 0.2) is 0 Å². The van der Waals surface area contributed by atoms with Crippen LogP contribution in [0.15, 0.2) is 61.2 Å². The van der Waals surface area contributed by atoms with Crippen molar-refractivity contribution in [1.29, 1.82) is 0 Å². The summed E-state index contributed by atoms with van der Waals surface area (Å²) in [4.78, 5) is 3.51. The number of allylic oxidation sites excluding steroid dienone is 3. The molecule has 4 nitrogen and oxygen atoms in total. The molecule has 33 heavy (non-hydrogen) atoms. The van der Waals surface area contributed by atoms with Crippen LogP contribution in [0.5, 0.6) is 0 Å². The van der Waals surface area contributed by atoms with Crippen LogP contribution in [-0.4, -0.2) is 28.3 Å². The van der Waals surface area contributed by atoms with Crippen LogP contribution in [0.25, 0.3) is 29.1 Å². The summed E-state index contributed by atoms with van der Waals surface area (Å²) in [6.45, 7) is 14.4. The minimum Gasteiger partial charge on any atom is -0.357 e. The number of H-pyrrole nitrogens is 2. The van der Waals surface area contributed by atoms with E-state index in [2.05, 4.69) is 45.8 Å². The normalized spacial score (nSPS) is 16.4. The van der Waals surface area contributed by atoms with Crippen molar-refractivity contribution < 1.29 is 4.39 Å². The first-order valence-corrected chi connectivity index (χ1v) is 11.4. The highest BCUT2D eigenvalue weighted by molar-refractivity contribution is 5.84. The highest BCUT2D eigenvalue weighted by atomic mass is 19.1. The molecule has 4 rings (SSSR count). The lowest BCUT2D eigenvalue weighted by molar-refractivity contribution is 0.428. The number of hydrogen-bond acceptors (Lipinski definition) is 2. The van der Waals surface area contributed by atoms with E-state index in [0.717, 1.165) is 75.9 Å². The van der Waals surface area contributed by atoms with E-state index in [1.807, 2.05) is 26.0 Å². The largest absolute Gasteiger partial charge is 0.357 e. The Kier molecular flexibility index (Phi) is 6.90. The standard InChI is InChI=1S/C28H31FN4/c1-5-7-23(21-8-10-22(29)11-9-21)24-17-27(31-19(24)4)28-25(26(6-2)32-33-28)16-18(3)20-12-14-30-15-13-20/h5-11,16-17,20,30-32H,1,3,12-15H2,2,4H3/b23-7-,25-16+,26-6+.